The van der Waals surface area contributed by atoms with Crippen LogP contribution >= 0.6 is 0 Å². The summed E-state index contributed by atoms with van der Waals surface area (Å²) in [6, 6.07) is 0. The van der Waals surface area contributed by atoms with Crippen molar-refractivity contribution in [3.8, 4) is 0 Å². The van der Waals surface area contributed by atoms with Crippen molar-refractivity contribution in [3.63, 3.8) is 0 Å². The van der Waals surface area contributed by atoms with Gasteiger partial charge in [-0.3, -0.25) is 0 Å². The van der Waals surface area contributed by atoms with Gasteiger partial charge in [0.1, 0.15) is 0 Å². The van der Waals surface area contributed by atoms with Crippen LogP contribution < -0.4 is 0 Å². The first-order valence-corrected chi connectivity index (χ1v) is 5.02. The standard InChI is InChI=1S/C12H20/c1-4-7-11-8-5-6-9-12(11)10(2)3/h4,11-12H,1-2,5-9H2,3H3/t11-,12+/m0/s1. The molecule has 1 rings (SSSR count). The molecule has 1 aliphatic carbocycles. The first kappa shape index (κ1) is 9.57. The molecule has 0 amide bonds. The summed E-state index contributed by atoms with van der Waals surface area (Å²) < 4.78 is 0. The van der Waals surface area contributed by atoms with Crippen molar-refractivity contribution >= 4 is 0 Å². The Kier molecular flexibility index (Phi) is 3.58. The molecule has 0 aromatic heterocycles. The van der Waals surface area contributed by atoms with Gasteiger partial charge in [0.15, 0.2) is 0 Å². The smallest absolute Gasteiger partial charge is 0.0177 e. The lowest BCUT2D eigenvalue weighted by molar-refractivity contribution is 0.274. The van der Waals surface area contributed by atoms with Crippen LogP contribution in [0.25, 0.3) is 0 Å². The van der Waals surface area contributed by atoms with Crippen LogP contribution in [0.15, 0.2) is 24.8 Å². The van der Waals surface area contributed by atoms with Crippen LogP contribution in [0.3, 0.4) is 0 Å². The molecule has 1 fully saturated rings. The van der Waals surface area contributed by atoms with Crippen molar-refractivity contribution < 1.29 is 0 Å². The van der Waals surface area contributed by atoms with E-state index in [4.69, 9.17) is 0 Å². The molecule has 1 saturated carbocycles. The molecular weight excluding hydrogens is 144 g/mol. The molecule has 0 spiro atoms. The lowest BCUT2D eigenvalue weighted by atomic mass is 9.74. The van der Waals surface area contributed by atoms with Crippen LogP contribution in [-0.4, -0.2) is 0 Å². The molecule has 0 aromatic rings. The summed E-state index contributed by atoms with van der Waals surface area (Å²) in [5.41, 5.74) is 1.38. The molecular formula is C12H20. The van der Waals surface area contributed by atoms with Gasteiger partial charge in [0.2, 0.25) is 0 Å². The topological polar surface area (TPSA) is 0 Å². The molecule has 12 heavy (non-hydrogen) atoms. The Hall–Kier alpha value is -0.520. The van der Waals surface area contributed by atoms with Crippen molar-refractivity contribution in [1.29, 1.82) is 0 Å². The Morgan fingerprint density at radius 1 is 1.42 bits per heavy atom. The fourth-order valence-corrected chi connectivity index (χ4v) is 2.35. The number of rotatable bonds is 3. The Labute approximate surface area is 76.4 Å². The molecule has 0 unspecified atom stereocenters. The summed E-state index contributed by atoms with van der Waals surface area (Å²) in [4.78, 5) is 0. The summed E-state index contributed by atoms with van der Waals surface area (Å²) >= 11 is 0. The highest BCUT2D eigenvalue weighted by Gasteiger charge is 2.23. The average molecular weight is 164 g/mol. The minimum atomic E-state index is 0.775. The van der Waals surface area contributed by atoms with E-state index < -0.39 is 0 Å². The number of hydrogen-bond acceptors (Lipinski definition) is 0. The van der Waals surface area contributed by atoms with Crippen LogP contribution in [0.2, 0.25) is 0 Å². The van der Waals surface area contributed by atoms with E-state index in [-0.39, 0.29) is 0 Å². The number of hydrogen-bond donors (Lipinski definition) is 0. The quantitative estimate of drug-likeness (QED) is 0.554. The maximum Gasteiger partial charge on any atom is -0.0177 e. The minimum absolute atomic E-state index is 0.775. The van der Waals surface area contributed by atoms with E-state index in [0.717, 1.165) is 11.8 Å². The van der Waals surface area contributed by atoms with E-state index in [0.29, 0.717) is 0 Å². The molecule has 0 N–H and O–H groups in total. The molecule has 2 atom stereocenters. The third-order valence-electron chi connectivity index (χ3n) is 3.01. The number of allylic oxidation sites excluding steroid dienone is 2. The van der Waals surface area contributed by atoms with E-state index in [1.165, 1.54) is 37.7 Å². The molecule has 0 aromatic carbocycles. The summed E-state index contributed by atoms with van der Waals surface area (Å²) in [6.07, 6.45) is 8.77. The fourth-order valence-electron chi connectivity index (χ4n) is 2.35. The second kappa shape index (κ2) is 4.49. The Morgan fingerprint density at radius 2 is 2.08 bits per heavy atom. The van der Waals surface area contributed by atoms with Crippen molar-refractivity contribution in [1.82, 2.24) is 0 Å². The lowest BCUT2D eigenvalue weighted by Crippen LogP contribution is -2.19. The average Bonchev–Trinajstić information content (AvgIpc) is 2.05. The highest BCUT2D eigenvalue weighted by atomic mass is 14.3. The van der Waals surface area contributed by atoms with Crippen molar-refractivity contribution in [2.24, 2.45) is 11.8 Å². The maximum atomic E-state index is 4.08. The summed E-state index contributed by atoms with van der Waals surface area (Å²) in [5.74, 6) is 1.62. The van der Waals surface area contributed by atoms with E-state index >= 15 is 0 Å². The van der Waals surface area contributed by atoms with Crippen LogP contribution in [-0.2, 0) is 0 Å². The largest absolute Gasteiger partial charge is 0.103 e. The molecule has 0 heteroatoms. The third kappa shape index (κ3) is 2.23. The van der Waals surface area contributed by atoms with Gasteiger partial charge in [0.05, 0.1) is 0 Å². The van der Waals surface area contributed by atoms with Gasteiger partial charge in [0.25, 0.3) is 0 Å². The van der Waals surface area contributed by atoms with Crippen molar-refractivity contribution in [2.45, 2.75) is 39.0 Å². The molecule has 68 valence electrons. The second-order valence-electron chi connectivity index (χ2n) is 4.02. The van der Waals surface area contributed by atoms with Crippen LogP contribution in [0.5, 0.6) is 0 Å². The van der Waals surface area contributed by atoms with Crippen LogP contribution in [0, 0.1) is 11.8 Å². The summed E-state index contributed by atoms with van der Waals surface area (Å²) in [5, 5.41) is 0. The van der Waals surface area contributed by atoms with Gasteiger partial charge in [-0.2, -0.15) is 0 Å². The SMILES string of the molecule is C=CC[C@H]1CCCC[C@@H]1C(=C)C. The molecule has 0 nitrogen and oxygen atoms in total. The van der Waals surface area contributed by atoms with E-state index in [1.54, 1.807) is 0 Å². The van der Waals surface area contributed by atoms with E-state index in [1.807, 2.05) is 0 Å². The maximum absolute atomic E-state index is 4.08. The Morgan fingerprint density at radius 3 is 2.67 bits per heavy atom. The van der Waals surface area contributed by atoms with Gasteiger partial charge in [-0.15, -0.1) is 6.58 Å². The third-order valence-corrected chi connectivity index (χ3v) is 3.01. The summed E-state index contributed by atoms with van der Waals surface area (Å²) in [6.45, 7) is 10.1. The first-order chi connectivity index (χ1) is 5.75. The summed E-state index contributed by atoms with van der Waals surface area (Å²) in [7, 11) is 0. The lowest BCUT2D eigenvalue weighted by Gasteiger charge is -2.31. The van der Waals surface area contributed by atoms with Gasteiger partial charge in [-0.05, 0) is 38.0 Å². The molecule has 0 heterocycles. The molecule has 0 aliphatic heterocycles. The zero-order chi connectivity index (χ0) is 8.97. The van der Waals surface area contributed by atoms with Crippen LogP contribution in [0.1, 0.15) is 39.0 Å². The highest BCUT2D eigenvalue weighted by molar-refractivity contribution is 5.01. The Balaban J connectivity index is 2.53. The second-order valence-corrected chi connectivity index (χ2v) is 4.02. The predicted molar refractivity (Wildman–Crippen MR) is 55.1 cm³/mol. The van der Waals surface area contributed by atoms with Gasteiger partial charge in [0, 0.05) is 0 Å². The minimum Gasteiger partial charge on any atom is -0.103 e. The Bertz CT molecular complexity index is 167. The molecule has 1 aliphatic rings. The van der Waals surface area contributed by atoms with E-state index in [9.17, 15) is 0 Å². The predicted octanol–water partition coefficient (Wildman–Crippen LogP) is 3.95. The monoisotopic (exact) mass is 164 g/mol. The van der Waals surface area contributed by atoms with E-state index in [2.05, 4.69) is 26.2 Å². The highest BCUT2D eigenvalue weighted by Crippen LogP contribution is 2.36. The van der Waals surface area contributed by atoms with Gasteiger partial charge in [-0.25, -0.2) is 0 Å². The zero-order valence-electron chi connectivity index (χ0n) is 8.18. The molecule has 0 saturated heterocycles. The van der Waals surface area contributed by atoms with Gasteiger partial charge in [-0.1, -0.05) is 31.1 Å². The normalized spacial score (nSPS) is 29.8. The molecule has 0 radical (unpaired) electrons. The van der Waals surface area contributed by atoms with Gasteiger partial charge >= 0.3 is 0 Å². The fraction of sp³-hybridized carbons (Fsp3) is 0.667. The zero-order valence-corrected chi connectivity index (χ0v) is 8.18. The molecule has 0 bridgehead atoms. The van der Waals surface area contributed by atoms with Gasteiger partial charge < -0.3 is 0 Å². The van der Waals surface area contributed by atoms with Crippen molar-refractivity contribution in [3.05, 3.63) is 24.8 Å². The first-order valence-electron chi connectivity index (χ1n) is 5.02. The van der Waals surface area contributed by atoms with Crippen molar-refractivity contribution in [2.75, 3.05) is 0 Å². The van der Waals surface area contributed by atoms with Crippen LogP contribution in [0.4, 0.5) is 0 Å².